The van der Waals surface area contributed by atoms with Crippen LogP contribution in [0.15, 0.2) is 57.5 Å². The Bertz CT molecular complexity index is 1250. The average Bonchev–Trinajstić information content (AvgIpc) is 2.95. The van der Waals surface area contributed by atoms with Crippen LogP contribution < -0.4 is 0 Å². The van der Waals surface area contributed by atoms with Gasteiger partial charge in [0.1, 0.15) is 22.8 Å². The topological polar surface area (TPSA) is 86.7 Å². The molecular formula is C42H62Br2O6. The Morgan fingerprint density at radius 3 is 1.06 bits per heavy atom. The van der Waals surface area contributed by atoms with Crippen molar-refractivity contribution in [2.75, 3.05) is 0 Å². The SMILES string of the molecule is CC(C)C[C@@H](C(=O)OC(C)(C)C)[C@@H](C)CC(=O)Cc1ccc(Br)cc1.CC(C)C[C@H](C(=O)OC(C)(C)C)[C@H](C)CC(=O)Cc1ccc(Br)cc1. The summed E-state index contributed by atoms with van der Waals surface area (Å²) in [4.78, 5) is 50.0. The van der Waals surface area contributed by atoms with Crippen molar-refractivity contribution >= 4 is 55.4 Å². The van der Waals surface area contributed by atoms with Gasteiger partial charge in [-0.3, -0.25) is 19.2 Å². The van der Waals surface area contributed by atoms with E-state index >= 15 is 0 Å². The van der Waals surface area contributed by atoms with Gasteiger partial charge < -0.3 is 9.47 Å². The summed E-state index contributed by atoms with van der Waals surface area (Å²) in [6, 6.07) is 15.6. The molecule has 2 aromatic carbocycles. The van der Waals surface area contributed by atoms with Gasteiger partial charge in [0.15, 0.2) is 0 Å². The Morgan fingerprint density at radius 2 is 0.820 bits per heavy atom. The van der Waals surface area contributed by atoms with Crippen molar-refractivity contribution in [2.45, 2.75) is 133 Å². The molecule has 2 rings (SSSR count). The van der Waals surface area contributed by atoms with Crippen molar-refractivity contribution in [1.82, 2.24) is 0 Å². The molecule has 0 N–H and O–H groups in total. The monoisotopic (exact) mass is 820 g/mol. The van der Waals surface area contributed by atoms with Crippen LogP contribution in [0.5, 0.6) is 0 Å². The molecule has 0 saturated carbocycles. The number of rotatable bonds is 16. The number of halogens is 2. The Kier molecular flexibility index (Phi) is 19.4. The van der Waals surface area contributed by atoms with Crippen LogP contribution in [0.25, 0.3) is 0 Å². The van der Waals surface area contributed by atoms with Gasteiger partial charge in [-0.25, -0.2) is 0 Å². The Hall–Kier alpha value is -2.32. The van der Waals surface area contributed by atoms with Gasteiger partial charge in [0.25, 0.3) is 0 Å². The van der Waals surface area contributed by atoms with E-state index in [9.17, 15) is 19.2 Å². The first kappa shape index (κ1) is 45.7. The fourth-order valence-electron chi connectivity index (χ4n) is 5.70. The third-order valence-corrected chi connectivity index (χ3v) is 9.03. The van der Waals surface area contributed by atoms with Crippen molar-refractivity contribution < 1.29 is 28.7 Å². The summed E-state index contributed by atoms with van der Waals surface area (Å²) in [6.07, 6.45) is 3.07. The molecule has 50 heavy (non-hydrogen) atoms. The molecule has 0 aliphatic carbocycles. The third kappa shape index (κ3) is 19.9. The molecule has 0 heterocycles. The highest BCUT2D eigenvalue weighted by molar-refractivity contribution is 9.10. The molecule has 0 bridgehead atoms. The van der Waals surface area contributed by atoms with E-state index in [0.717, 1.165) is 32.9 Å². The van der Waals surface area contributed by atoms with Gasteiger partial charge in [-0.1, -0.05) is 97.7 Å². The van der Waals surface area contributed by atoms with E-state index in [-0.39, 0.29) is 47.2 Å². The molecular weight excluding hydrogens is 760 g/mol. The molecule has 0 saturated heterocycles. The van der Waals surface area contributed by atoms with E-state index < -0.39 is 11.2 Å². The van der Waals surface area contributed by atoms with E-state index in [1.165, 1.54) is 0 Å². The van der Waals surface area contributed by atoms with Gasteiger partial charge >= 0.3 is 11.9 Å². The van der Waals surface area contributed by atoms with Crippen LogP contribution >= 0.6 is 31.9 Å². The van der Waals surface area contributed by atoms with Gasteiger partial charge in [-0.05, 0) is 113 Å². The molecule has 0 unspecified atom stereocenters. The minimum absolute atomic E-state index is 0.0276. The molecule has 280 valence electrons. The molecule has 0 amide bonds. The number of esters is 2. The zero-order valence-electron chi connectivity index (χ0n) is 32.5. The average molecular weight is 823 g/mol. The van der Waals surface area contributed by atoms with E-state index in [1.54, 1.807) is 0 Å². The Labute approximate surface area is 319 Å². The number of carbonyl (C=O) groups excluding carboxylic acids is 4. The van der Waals surface area contributed by atoms with E-state index in [4.69, 9.17) is 9.47 Å². The smallest absolute Gasteiger partial charge is 0.309 e. The maximum Gasteiger partial charge on any atom is 0.309 e. The lowest BCUT2D eigenvalue weighted by Crippen LogP contribution is -2.33. The largest absolute Gasteiger partial charge is 0.460 e. The quantitative estimate of drug-likeness (QED) is 0.157. The maximum atomic E-state index is 12.6. The number of Topliss-reactive ketones (excluding diaryl/α,β-unsaturated/α-hetero) is 2. The second kappa shape index (κ2) is 21.3. The number of ether oxygens (including phenoxy) is 2. The molecule has 0 aromatic heterocycles. The van der Waals surface area contributed by atoms with Gasteiger partial charge in [0, 0.05) is 34.6 Å². The van der Waals surface area contributed by atoms with Gasteiger partial charge in [0.05, 0.1) is 11.8 Å². The predicted octanol–water partition coefficient (Wildman–Crippen LogP) is 11.2. The highest BCUT2D eigenvalue weighted by Crippen LogP contribution is 2.29. The van der Waals surface area contributed by atoms with Crippen LogP contribution in [0.1, 0.15) is 120 Å². The van der Waals surface area contributed by atoms with Crippen LogP contribution in [-0.2, 0) is 41.5 Å². The van der Waals surface area contributed by atoms with Gasteiger partial charge in [-0.2, -0.15) is 0 Å². The van der Waals surface area contributed by atoms with Crippen molar-refractivity contribution in [3.63, 3.8) is 0 Å². The first-order chi connectivity index (χ1) is 23.0. The summed E-state index contributed by atoms with van der Waals surface area (Å²) in [7, 11) is 0. The lowest BCUT2D eigenvalue weighted by atomic mass is 9.83. The second-order valence-corrected chi connectivity index (χ2v) is 18.4. The Morgan fingerprint density at radius 1 is 0.540 bits per heavy atom. The summed E-state index contributed by atoms with van der Waals surface area (Å²) in [5.74, 6) is 0.152. The van der Waals surface area contributed by atoms with Crippen molar-refractivity contribution in [3.05, 3.63) is 68.6 Å². The maximum absolute atomic E-state index is 12.6. The van der Waals surface area contributed by atoms with Crippen LogP contribution in [-0.4, -0.2) is 34.7 Å². The van der Waals surface area contributed by atoms with E-state index in [2.05, 4.69) is 59.6 Å². The zero-order valence-corrected chi connectivity index (χ0v) is 35.7. The predicted molar refractivity (Wildman–Crippen MR) is 211 cm³/mol. The van der Waals surface area contributed by atoms with Crippen LogP contribution in [0, 0.1) is 35.5 Å². The van der Waals surface area contributed by atoms with Crippen LogP contribution in [0.4, 0.5) is 0 Å². The lowest BCUT2D eigenvalue weighted by molar-refractivity contribution is -0.164. The number of carbonyl (C=O) groups is 4. The molecule has 0 aliphatic rings. The fourth-order valence-corrected chi connectivity index (χ4v) is 6.23. The number of ketones is 2. The molecule has 0 radical (unpaired) electrons. The lowest BCUT2D eigenvalue weighted by Gasteiger charge is -2.28. The Balaban J connectivity index is 0.000000500. The minimum Gasteiger partial charge on any atom is -0.460 e. The third-order valence-electron chi connectivity index (χ3n) is 7.97. The normalized spacial score (nSPS) is 14.2. The highest BCUT2D eigenvalue weighted by atomic mass is 79.9. The van der Waals surface area contributed by atoms with Crippen LogP contribution in [0.3, 0.4) is 0 Å². The highest BCUT2D eigenvalue weighted by Gasteiger charge is 2.32. The van der Waals surface area contributed by atoms with Crippen molar-refractivity contribution in [2.24, 2.45) is 35.5 Å². The van der Waals surface area contributed by atoms with E-state index in [1.807, 2.05) is 104 Å². The van der Waals surface area contributed by atoms with Gasteiger partial charge in [0.2, 0.25) is 0 Å². The molecule has 0 aliphatic heterocycles. The zero-order chi connectivity index (χ0) is 38.4. The summed E-state index contributed by atoms with van der Waals surface area (Å²) >= 11 is 6.79. The number of hydrogen-bond donors (Lipinski definition) is 0. The molecule has 8 heteroatoms. The second-order valence-electron chi connectivity index (χ2n) is 16.6. The number of hydrogen-bond acceptors (Lipinski definition) is 6. The summed E-state index contributed by atoms with van der Waals surface area (Å²) in [6.45, 7) is 23.6. The van der Waals surface area contributed by atoms with Gasteiger partial charge in [-0.15, -0.1) is 0 Å². The molecule has 6 nitrogen and oxygen atoms in total. The minimum atomic E-state index is -0.506. The molecule has 4 atom stereocenters. The first-order valence-electron chi connectivity index (χ1n) is 17.9. The van der Waals surface area contributed by atoms with Crippen molar-refractivity contribution in [3.8, 4) is 0 Å². The summed E-state index contributed by atoms with van der Waals surface area (Å²) < 4.78 is 13.2. The molecule has 0 fully saturated rings. The first-order valence-corrected chi connectivity index (χ1v) is 19.5. The van der Waals surface area contributed by atoms with E-state index in [0.29, 0.717) is 37.5 Å². The molecule has 0 spiro atoms. The summed E-state index contributed by atoms with van der Waals surface area (Å²) in [5, 5.41) is 0. The van der Waals surface area contributed by atoms with Crippen LogP contribution in [0.2, 0.25) is 0 Å². The standard InChI is InChI=1S/2C21H31BrO3/c2*1-14(2)11-19(20(24)25-21(4,5)6)15(3)12-18(23)13-16-7-9-17(22)10-8-16/h2*7-10,14-15,19H,11-13H2,1-6H3/t2*15-,19+/m10/s1. The summed E-state index contributed by atoms with van der Waals surface area (Å²) in [5.41, 5.74) is 0.983. The fraction of sp³-hybridized carbons (Fsp3) is 0.619. The molecule has 2 aromatic rings. The van der Waals surface area contributed by atoms with Crippen molar-refractivity contribution in [1.29, 1.82) is 0 Å². The number of benzene rings is 2.